The summed E-state index contributed by atoms with van der Waals surface area (Å²) in [5.41, 5.74) is 3.62. The Morgan fingerprint density at radius 1 is 1.14 bits per heavy atom. The van der Waals surface area contributed by atoms with E-state index < -0.39 is 0 Å². The molecule has 0 atom stereocenters. The van der Waals surface area contributed by atoms with E-state index in [9.17, 15) is 9.18 Å². The molecule has 4 nitrogen and oxygen atoms in total. The van der Waals surface area contributed by atoms with Crippen molar-refractivity contribution in [3.05, 3.63) is 54.6 Å². The Morgan fingerprint density at radius 2 is 1.82 bits per heavy atom. The van der Waals surface area contributed by atoms with Crippen molar-refractivity contribution in [2.45, 2.75) is 6.54 Å². The molecule has 1 amide bonds. The van der Waals surface area contributed by atoms with Gasteiger partial charge in [0.2, 0.25) is 5.91 Å². The molecule has 0 bridgehead atoms. The van der Waals surface area contributed by atoms with Crippen molar-refractivity contribution in [2.75, 3.05) is 14.1 Å². The number of likely N-dealkylation sites (N-methyl/N-ethyl adjacent to an activating group) is 1. The zero-order valence-corrected chi connectivity index (χ0v) is 12.5. The lowest BCUT2D eigenvalue weighted by molar-refractivity contribution is -0.129. The average molecular weight is 297 g/mol. The van der Waals surface area contributed by atoms with E-state index in [-0.39, 0.29) is 18.3 Å². The Bertz CT molecular complexity index is 822. The highest BCUT2D eigenvalue weighted by Crippen LogP contribution is 2.24. The van der Waals surface area contributed by atoms with Crippen LogP contribution in [0.4, 0.5) is 4.39 Å². The lowest BCUT2D eigenvalue weighted by atomic mass is 10.1. The number of carbonyl (C=O) groups is 1. The summed E-state index contributed by atoms with van der Waals surface area (Å²) < 4.78 is 14.8. The highest BCUT2D eigenvalue weighted by molar-refractivity contribution is 5.84. The molecule has 22 heavy (non-hydrogen) atoms. The number of aromatic nitrogens is 2. The van der Waals surface area contributed by atoms with Gasteiger partial charge < -0.3 is 9.47 Å². The molecule has 0 unspecified atom stereocenters. The molecule has 0 radical (unpaired) electrons. The number of nitrogens with zero attached hydrogens (tertiary/aromatic N) is 3. The Balaban J connectivity index is 1.95. The number of carbonyl (C=O) groups excluding carboxylic acids is 1. The average Bonchev–Trinajstić information content (AvgIpc) is 2.90. The third kappa shape index (κ3) is 2.70. The van der Waals surface area contributed by atoms with Crippen LogP contribution in [0.5, 0.6) is 0 Å². The fraction of sp³-hybridized carbons (Fsp3) is 0.176. The predicted octanol–water partition coefficient (Wildman–Crippen LogP) is 2.93. The first kappa shape index (κ1) is 14.3. The summed E-state index contributed by atoms with van der Waals surface area (Å²) in [4.78, 5) is 17.7. The molecule has 0 spiro atoms. The van der Waals surface area contributed by atoms with E-state index in [1.165, 1.54) is 12.1 Å². The molecule has 3 aromatic rings. The molecule has 0 saturated heterocycles. The van der Waals surface area contributed by atoms with Crippen LogP contribution < -0.4 is 0 Å². The number of rotatable bonds is 3. The number of fused-ring (bicyclic) bond motifs is 1. The van der Waals surface area contributed by atoms with E-state index >= 15 is 0 Å². The maximum atomic E-state index is 13.0. The molecular formula is C17H16FN3O. The predicted molar refractivity (Wildman–Crippen MR) is 83.8 cm³/mol. The van der Waals surface area contributed by atoms with E-state index in [1.54, 1.807) is 37.5 Å². The summed E-state index contributed by atoms with van der Waals surface area (Å²) in [6.07, 6.45) is 1.67. The molecule has 112 valence electrons. The molecule has 0 aliphatic heterocycles. The van der Waals surface area contributed by atoms with Gasteiger partial charge in [-0.1, -0.05) is 18.2 Å². The maximum absolute atomic E-state index is 13.0. The summed E-state index contributed by atoms with van der Waals surface area (Å²) in [5, 5.41) is 0. The van der Waals surface area contributed by atoms with Crippen LogP contribution in [0.3, 0.4) is 0 Å². The monoisotopic (exact) mass is 297 g/mol. The number of imidazole rings is 1. The third-order valence-corrected chi connectivity index (χ3v) is 3.60. The van der Waals surface area contributed by atoms with Gasteiger partial charge in [-0.3, -0.25) is 4.79 Å². The topological polar surface area (TPSA) is 38.1 Å². The van der Waals surface area contributed by atoms with E-state index in [0.29, 0.717) is 0 Å². The molecular weight excluding hydrogens is 281 g/mol. The minimum Gasteiger partial charge on any atom is -0.347 e. The summed E-state index contributed by atoms with van der Waals surface area (Å²) in [6.45, 7) is 0.263. The number of amides is 1. The highest BCUT2D eigenvalue weighted by Gasteiger charge is 2.09. The molecule has 0 aliphatic carbocycles. The van der Waals surface area contributed by atoms with E-state index in [4.69, 9.17) is 0 Å². The zero-order valence-electron chi connectivity index (χ0n) is 12.5. The highest BCUT2D eigenvalue weighted by atomic mass is 19.1. The Hall–Kier alpha value is -2.69. The molecule has 0 fully saturated rings. The Morgan fingerprint density at radius 3 is 2.50 bits per heavy atom. The Labute approximate surface area is 127 Å². The van der Waals surface area contributed by atoms with Crippen LogP contribution >= 0.6 is 0 Å². The van der Waals surface area contributed by atoms with Crippen molar-refractivity contribution in [1.82, 2.24) is 14.5 Å². The quantitative estimate of drug-likeness (QED) is 0.745. The summed E-state index contributed by atoms with van der Waals surface area (Å²) in [7, 11) is 3.46. The number of hydrogen-bond donors (Lipinski definition) is 0. The largest absolute Gasteiger partial charge is 0.347 e. The van der Waals surface area contributed by atoms with Gasteiger partial charge in [-0.15, -0.1) is 0 Å². The normalized spacial score (nSPS) is 10.9. The lowest BCUT2D eigenvalue weighted by Crippen LogP contribution is -2.25. The molecule has 1 aromatic heterocycles. The van der Waals surface area contributed by atoms with Gasteiger partial charge in [0.25, 0.3) is 0 Å². The smallest absolute Gasteiger partial charge is 0.242 e. The van der Waals surface area contributed by atoms with Gasteiger partial charge in [-0.2, -0.15) is 0 Å². The van der Waals surface area contributed by atoms with Gasteiger partial charge in [0.05, 0.1) is 17.4 Å². The van der Waals surface area contributed by atoms with Crippen molar-refractivity contribution in [3.63, 3.8) is 0 Å². The van der Waals surface area contributed by atoms with Crippen LogP contribution in [0.1, 0.15) is 0 Å². The number of halogens is 1. The second-order valence-corrected chi connectivity index (χ2v) is 5.37. The number of benzene rings is 2. The lowest BCUT2D eigenvalue weighted by Gasteiger charge is -2.11. The van der Waals surface area contributed by atoms with Crippen LogP contribution in [0, 0.1) is 5.82 Å². The van der Waals surface area contributed by atoms with Crippen LogP contribution in [0.2, 0.25) is 0 Å². The third-order valence-electron chi connectivity index (χ3n) is 3.60. The van der Waals surface area contributed by atoms with Gasteiger partial charge in [0.1, 0.15) is 12.4 Å². The fourth-order valence-electron chi connectivity index (χ4n) is 2.30. The molecule has 3 rings (SSSR count). The van der Waals surface area contributed by atoms with Crippen molar-refractivity contribution >= 4 is 16.9 Å². The molecule has 0 N–H and O–H groups in total. The summed E-state index contributed by atoms with van der Waals surface area (Å²) >= 11 is 0. The van der Waals surface area contributed by atoms with Gasteiger partial charge in [-0.05, 0) is 35.4 Å². The van der Waals surface area contributed by atoms with E-state index in [2.05, 4.69) is 4.98 Å². The molecule has 0 saturated carbocycles. The van der Waals surface area contributed by atoms with Gasteiger partial charge in [0, 0.05) is 14.1 Å². The van der Waals surface area contributed by atoms with Crippen LogP contribution in [0.15, 0.2) is 48.8 Å². The summed E-state index contributed by atoms with van der Waals surface area (Å²) in [5.74, 6) is -0.238. The second-order valence-electron chi connectivity index (χ2n) is 5.37. The second kappa shape index (κ2) is 5.60. The van der Waals surface area contributed by atoms with Gasteiger partial charge in [0.15, 0.2) is 0 Å². The SMILES string of the molecule is CN(C)C(=O)Cn1cnc2cc(-c3ccc(F)cc3)ccc21. The van der Waals surface area contributed by atoms with Gasteiger partial charge >= 0.3 is 0 Å². The first-order chi connectivity index (χ1) is 10.5. The van der Waals surface area contributed by atoms with E-state index in [0.717, 1.165) is 22.2 Å². The first-order valence-electron chi connectivity index (χ1n) is 6.95. The fourth-order valence-corrected chi connectivity index (χ4v) is 2.30. The molecule has 2 aromatic carbocycles. The van der Waals surface area contributed by atoms with Gasteiger partial charge in [-0.25, -0.2) is 9.37 Å². The van der Waals surface area contributed by atoms with Crippen LogP contribution in [-0.4, -0.2) is 34.5 Å². The summed E-state index contributed by atoms with van der Waals surface area (Å²) in [6, 6.07) is 12.2. The first-order valence-corrected chi connectivity index (χ1v) is 6.95. The number of hydrogen-bond acceptors (Lipinski definition) is 2. The van der Waals surface area contributed by atoms with Crippen molar-refractivity contribution < 1.29 is 9.18 Å². The standard InChI is InChI=1S/C17H16FN3O/c1-20(2)17(22)10-21-11-19-15-9-13(5-8-16(15)21)12-3-6-14(18)7-4-12/h3-9,11H,10H2,1-2H3. The zero-order chi connectivity index (χ0) is 15.7. The van der Waals surface area contributed by atoms with Crippen molar-refractivity contribution in [3.8, 4) is 11.1 Å². The van der Waals surface area contributed by atoms with Crippen molar-refractivity contribution in [1.29, 1.82) is 0 Å². The minimum atomic E-state index is -0.253. The molecule has 5 heteroatoms. The molecule has 1 heterocycles. The molecule has 0 aliphatic rings. The van der Waals surface area contributed by atoms with Crippen LogP contribution in [-0.2, 0) is 11.3 Å². The van der Waals surface area contributed by atoms with Crippen molar-refractivity contribution in [2.24, 2.45) is 0 Å². The minimum absolute atomic E-state index is 0.0157. The maximum Gasteiger partial charge on any atom is 0.242 e. The Kier molecular flexibility index (Phi) is 3.63. The van der Waals surface area contributed by atoms with E-state index in [1.807, 2.05) is 22.8 Å². The van der Waals surface area contributed by atoms with Crippen LogP contribution in [0.25, 0.3) is 22.2 Å².